The lowest BCUT2D eigenvalue weighted by molar-refractivity contribution is -0.144. The Kier molecular flexibility index (Phi) is 4.96. The van der Waals surface area contributed by atoms with Crippen LogP contribution in [0.4, 0.5) is 0 Å². The predicted molar refractivity (Wildman–Crippen MR) is 89.3 cm³/mol. The molecule has 2 saturated heterocycles. The van der Waals surface area contributed by atoms with Crippen molar-refractivity contribution >= 4 is 17.7 Å². The number of hydrogen-bond acceptors (Lipinski definition) is 5. The van der Waals surface area contributed by atoms with Gasteiger partial charge in [-0.15, -0.1) is 0 Å². The second-order valence-electron chi connectivity index (χ2n) is 6.61. The van der Waals surface area contributed by atoms with Crippen LogP contribution in [0.25, 0.3) is 0 Å². The summed E-state index contributed by atoms with van der Waals surface area (Å²) in [4.78, 5) is 47.9. The first-order valence-corrected chi connectivity index (χ1v) is 8.55. The summed E-state index contributed by atoms with van der Waals surface area (Å²) >= 11 is 0. The molecule has 0 radical (unpaired) electrons. The van der Waals surface area contributed by atoms with Gasteiger partial charge in [0, 0.05) is 51.4 Å². The molecule has 1 unspecified atom stereocenters. The normalized spacial score (nSPS) is 20.6. The lowest BCUT2D eigenvalue weighted by Gasteiger charge is -2.44. The molecule has 1 aromatic heterocycles. The number of carbonyl (C=O) groups is 3. The molecule has 134 valence electrons. The highest BCUT2D eigenvalue weighted by atomic mass is 16.2. The highest BCUT2D eigenvalue weighted by Crippen LogP contribution is 2.25. The van der Waals surface area contributed by atoms with E-state index in [4.69, 9.17) is 0 Å². The second-order valence-corrected chi connectivity index (χ2v) is 6.61. The number of rotatable bonds is 5. The zero-order chi connectivity index (χ0) is 18.0. The maximum Gasteiger partial charge on any atom is 0.225 e. The number of aromatic nitrogens is 2. The van der Waals surface area contributed by atoms with E-state index in [1.54, 1.807) is 23.0 Å². The van der Waals surface area contributed by atoms with Crippen LogP contribution in [-0.2, 0) is 20.8 Å². The van der Waals surface area contributed by atoms with Gasteiger partial charge in [-0.3, -0.25) is 14.4 Å². The van der Waals surface area contributed by atoms with Crippen molar-refractivity contribution in [1.82, 2.24) is 25.1 Å². The molecule has 2 fully saturated rings. The zero-order valence-electron chi connectivity index (χ0n) is 14.6. The smallest absolute Gasteiger partial charge is 0.225 e. The summed E-state index contributed by atoms with van der Waals surface area (Å²) in [6, 6.07) is 1.86. The van der Waals surface area contributed by atoms with Gasteiger partial charge in [0.2, 0.25) is 17.7 Å². The van der Waals surface area contributed by atoms with Crippen molar-refractivity contribution in [2.24, 2.45) is 5.92 Å². The third kappa shape index (κ3) is 3.78. The zero-order valence-corrected chi connectivity index (χ0v) is 14.6. The number of carbonyl (C=O) groups excluding carboxylic acids is 3. The first kappa shape index (κ1) is 17.3. The van der Waals surface area contributed by atoms with Crippen molar-refractivity contribution in [3.05, 3.63) is 23.8 Å². The number of likely N-dealkylation sites (tertiary alicyclic amines) is 2. The summed E-state index contributed by atoms with van der Waals surface area (Å²) in [7, 11) is 1.58. The predicted octanol–water partition coefficient (Wildman–Crippen LogP) is -0.477. The fraction of sp³-hybridized carbons (Fsp3) is 0.588. The first-order valence-electron chi connectivity index (χ1n) is 8.55. The quantitative estimate of drug-likeness (QED) is 0.778. The van der Waals surface area contributed by atoms with Gasteiger partial charge in [0.1, 0.15) is 5.82 Å². The Morgan fingerprint density at radius 3 is 2.76 bits per heavy atom. The van der Waals surface area contributed by atoms with E-state index in [-0.39, 0.29) is 36.1 Å². The van der Waals surface area contributed by atoms with Crippen molar-refractivity contribution in [2.45, 2.75) is 32.2 Å². The highest BCUT2D eigenvalue weighted by molar-refractivity contribution is 5.89. The maximum atomic E-state index is 12.3. The highest BCUT2D eigenvalue weighted by Gasteiger charge is 2.43. The summed E-state index contributed by atoms with van der Waals surface area (Å²) < 4.78 is 0. The fourth-order valence-corrected chi connectivity index (χ4v) is 3.36. The molecule has 2 aliphatic rings. The van der Waals surface area contributed by atoms with Crippen molar-refractivity contribution in [1.29, 1.82) is 0 Å². The average Bonchev–Trinajstić information content (AvgIpc) is 2.92. The van der Waals surface area contributed by atoms with Crippen LogP contribution in [0.1, 0.15) is 24.4 Å². The summed E-state index contributed by atoms with van der Waals surface area (Å²) in [5, 5.41) is 2.59. The van der Waals surface area contributed by atoms with Crippen LogP contribution in [-0.4, -0.2) is 70.2 Å². The van der Waals surface area contributed by atoms with E-state index in [2.05, 4.69) is 15.3 Å². The molecular formula is C17H23N5O3. The first-order chi connectivity index (χ1) is 12.0. The minimum atomic E-state index is -0.275. The Bertz CT molecular complexity index is 687. The maximum absolute atomic E-state index is 12.3. The molecule has 0 aromatic carbocycles. The van der Waals surface area contributed by atoms with E-state index < -0.39 is 0 Å². The van der Waals surface area contributed by atoms with Crippen LogP contribution >= 0.6 is 0 Å². The molecule has 25 heavy (non-hydrogen) atoms. The molecule has 1 N–H and O–H groups in total. The number of amides is 3. The molecule has 1 aromatic rings. The van der Waals surface area contributed by atoms with E-state index in [1.807, 2.05) is 13.0 Å². The second kappa shape index (κ2) is 7.16. The topological polar surface area (TPSA) is 95.5 Å². The lowest BCUT2D eigenvalue weighted by atomic mass is 10.1. The molecule has 3 heterocycles. The lowest BCUT2D eigenvalue weighted by Crippen LogP contribution is -2.61. The molecule has 0 saturated carbocycles. The number of nitrogens with one attached hydrogen (secondary N) is 1. The van der Waals surface area contributed by atoms with Gasteiger partial charge in [0.05, 0.1) is 12.0 Å². The molecular weight excluding hydrogens is 322 g/mol. The van der Waals surface area contributed by atoms with Gasteiger partial charge in [-0.1, -0.05) is 0 Å². The molecule has 3 amide bonds. The van der Waals surface area contributed by atoms with Crippen LogP contribution in [0.2, 0.25) is 0 Å². The molecule has 3 rings (SSSR count). The van der Waals surface area contributed by atoms with Crippen LogP contribution in [0.15, 0.2) is 12.3 Å². The largest absolute Gasteiger partial charge is 0.359 e. The van der Waals surface area contributed by atoms with Crippen molar-refractivity contribution in [3.63, 3.8) is 0 Å². The number of aryl methyl sites for hydroxylation is 2. The standard InChI is InChI=1S/C17H23N5O3/c1-11-19-6-5-13(20-11)3-4-15(23)21-9-14(10-21)22-8-12(7-16(22)24)17(25)18-2/h5-6,12,14H,3-4,7-10H2,1-2H3,(H,18,25). The van der Waals surface area contributed by atoms with Gasteiger partial charge < -0.3 is 15.1 Å². The average molecular weight is 345 g/mol. The van der Waals surface area contributed by atoms with Gasteiger partial charge in [0.25, 0.3) is 0 Å². The summed E-state index contributed by atoms with van der Waals surface area (Å²) in [6.45, 7) is 3.37. The van der Waals surface area contributed by atoms with Gasteiger partial charge in [-0.2, -0.15) is 0 Å². The monoisotopic (exact) mass is 345 g/mol. The van der Waals surface area contributed by atoms with E-state index in [9.17, 15) is 14.4 Å². The third-order valence-corrected chi connectivity index (χ3v) is 4.86. The Morgan fingerprint density at radius 2 is 2.08 bits per heavy atom. The van der Waals surface area contributed by atoms with Gasteiger partial charge in [-0.25, -0.2) is 9.97 Å². The molecule has 8 heteroatoms. The SMILES string of the molecule is CNC(=O)C1CC(=O)N(C2CN(C(=O)CCc3ccnc(C)n3)C2)C1. The fourth-order valence-electron chi connectivity index (χ4n) is 3.36. The minimum Gasteiger partial charge on any atom is -0.359 e. The van der Waals surface area contributed by atoms with E-state index in [0.29, 0.717) is 38.3 Å². The third-order valence-electron chi connectivity index (χ3n) is 4.86. The van der Waals surface area contributed by atoms with Crippen molar-refractivity contribution in [2.75, 3.05) is 26.7 Å². The van der Waals surface area contributed by atoms with Crippen LogP contribution < -0.4 is 5.32 Å². The molecule has 8 nitrogen and oxygen atoms in total. The minimum absolute atomic E-state index is 0.00200. The van der Waals surface area contributed by atoms with Gasteiger partial charge in [-0.05, 0) is 19.4 Å². The Labute approximate surface area is 146 Å². The van der Waals surface area contributed by atoms with Crippen LogP contribution in [0.5, 0.6) is 0 Å². The van der Waals surface area contributed by atoms with E-state index in [1.165, 1.54) is 0 Å². The van der Waals surface area contributed by atoms with E-state index >= 15 is 0 Å². The van der Waals surface area contributed by atoms with Gasteiger partial charge in [0.15, 0.2) is 0 Å². The van der Waals surface area contributed by atoms with Crippen molar-refractivity contribution < 1.29 is 14.4 Å². The molecule has 1 atom stereocenters. The van der Waals surface area contributed by atoms with Crippen LogP contribution in [0.3, 0.4) is 0 Å². The number of nitrogens with zero attached hydrogens (tertiary/aromatic N) is 4. The Morgan fingerprint density at radius 1 is 1.32 bits per heavy atom. The summed E-state index contributed by atoms with van der Waals surface area (Å²) in [6.07, 6.45) is 2.95. The van der Waals surface area contributed by atoms with Gasteiger partial charge >= 0.3 is 0 Å². The van der Waals surface area contributed by atoms with Crippen LogP contribution in [0, 0.1) is 12.8 Å². The van der Waals surface area contributed by atoms with E-state index in [0.717, 1.165) is 5.69 Å². The Balaban J connectivity index is 1.45. The Hall–Kier alpha value is -2.51. The summed E-state index contributed by atoms with van der Waals surface area (Å²) in [5.41, 5.74) is 0.862. The molecule has 0 bridgehead atoms. The molecule has 0 spiro atoms. The number of hydrogen-bond donors (Lipinski definition) is 1. The molecule has 0 aliphatic carbocycles. The molecule has 2 aliphatic heterocycles. The summed E-state index contributed by atoms with van der Waals surface area (Å²) in [5.74, 6) is 0.405. The van der Waals surface area contributed by atoms with Crippen molar-refractivity contribution in [3.8, 4) is 0 Å².